The maximum absolute atomic E-state index is 10.4. The molecule has 0 aliphatic rings. The van der Waals surface area contributed by atoms with Gasteiger partial charge in [-0.15, -0.1) is 0 Å². The topological polar surface area (TPSA) is 40.5 Å². The number of hydrogen-bond donors (Lipinski definition) is 1. The fraction of sp³-hybridized carbons (Fsp3) is 0.250. The van der Waals surface area contributed by atoms with Crippen molar-refractivity contribution in [3.63, 3.8) is 0 Å². The van der Waals surface area contributed by atoms with Crippen LogP contribution < -0.4 is 0 Å². The summed E-state index contributed by atoms with van der Waals surface area (Å²) in [5.74, 6) is -0.800. The van der Waals surface area contributed by atoms with Gasteiger partial charge in [0.15, 0.2) is 0 Å². The molecule has 0 radical (unpaired) electrons. The number of carboxylic acid groups (broad SMARTS) is 1. The van der Waals surface area contributed by atoms with E-state index in [0.29, 0.717) is 6.54 Å². The molecule has 3 nitrogen and oxygen atoms in total. The molecule has 1 N–H and O–H groups in total. The number of benzene rings is 1. The van der Waals surface area contributed by atoms with E-state index in [0.717, 1.165) is 5.56 Å². The Bertz CT molecular complexity index is 333. The van der Waals surface area contributed by atoms with Crippen LogP contribution in [-0.4, -0.2) is 36.1 Å². The molecule has 0 unspecified atom stereocenters. The predicted molar refractivity (Wildman–Crippen MR) is 60.6 cm³/mol. The summed E-state index contributed by atoms with van der Waals surface area (Å²) in [4.78, 5) is 12.1. The lowest BCUT2D eigenvalue weighted by Crippen LogP contribution is -2.25. The first-order valence-electron chi connectivity index (χ1n) is 4.80. The molecule has 0 fully saturated rings. The molecule has 0 aromatic heterocycles. The minimum Gasteiger partial charge on any atom is -0.480 e. The highest BCUT2D eigenvalue weighted by molar-refractivity contribution is 5.69. The van der Waals surface area contributed by atoms with Gasteiger partial charge in [-0.05, 0) is 12.6 Å². The fourth-order valence-electron chi connectivity index (χ4n) is 1.23. The van der Waals surface area contributed by atoms with Crippen molar-refractivity contribution < 1.29 is 9.90 Å². The molecular weight excluding hydrogens is 190 g/mol. The lowest BCUT2D eigenvalue weighted by Gasteiger charge is -2.09. The zero-order valence-electron chi connectivity index (χ0n) is 8.76. The number of carbonyl (C=O) groups is 1. The second-order valence-corrected chi connectivity index (χ2v) is 3.40. The van der Waals surface area contributed by atoms with E-state index in [4.69, 9.17) is 5.11 Å². The van der Waals surface area contributed by atoms with E-state index < -0.39 is 5.97 Å². The van der Waals surface area contributed by atoms with E-state index in [1.54, 1.807) is 11.9 Å². The van der Waals surface area contributed by atoms with Gasteiger partial charge in [-0.25, -0.2) is 0 Å². The molecule has 0 saturated carbocycles. The molecule has 15 heavy (non-hydrogen) atoms. The van der Waals surface area contributed by atoms with Crippen molar-refractivity contribution in [3.8, 4) is 0 Å². The number of aliphatic carboxylic acids is 1. The average molecular weight is 205 g/mol. The molecule has 3 heteroatoms. The van der Waals surface area contributed by atoms with Crippen LogP contribution in [0.15, 0.2) is 36.4 Å². The van der Waals surface area contributed by atoms with Crippen molar-refractivity contribution in [2.45, 2.75) is 0 Å². The standard InChI is InChI=1S/C12H15NO2/c1-13(10-12(14)15)9-5-8-11-6-3-2-4-7-11/h2-8H,9-10H2,1H3,(H,14,15)/b8-5+. The van der Waals surface area contributed by atoms with Crippen molar-refractivity contribution >= 4 is 12.0 Å². The van der Waals surface area contributed by atoms with Gasteiger partial charge in [0.05, 0.1) is 6.54 Å². The summed E-state index contributed by atoms with van der Waals surface area (Å²) < 4.78 is 0. The molecule has 0 atom stereocenters. The molecule has 1 rings (SSSR count). The van der Waals surface area contributed by atoms with Gasteiger partial charge >= 0.3 is 5.97 Å². The van der Waals surface area contributed by atoms with E-state index >= 15 is 0 Å². The zero-order chi connectivity index (χ0) is 11.1. The minimum absolute atomic E-state index is 0.0686. The highest BCUT2D eigenvalue weighted by Gasteiger charge is 2.00. The van der Waals surface area contributed by atoms with Crippen molar-refractivity contribution in [2.24, 2.45) is 0 Å². The molecule has 0 saturated heterocycles. The summed E-state index contributed by atoms with van der Waals surface area (Å²) in [5.41, 5.74) is 1.13. The highest BCUT2D eigenvalue weighted by atomic mass is 16.4. The van der Waals surface area contributed by atoms with Crippen LogP contribution in [0.1, 0.15) is 5.56 Å². The van der Waals surface area contributed by atoms with Crippen molar-refractivity contribution in [1.82, 2.24) is 4.90 Å². The van der Waals surface area contributed by atoms with Crippen LogP contribution in [0.2, 0.25) is 0 Å². The lowest BCUT2D eigenvalue weighted by molar-refractivity contribution is -0.137. The summed E-state index contributed by atoms with van der Waals surface area (Å²) in [7, 11) is 1.78. The van der Waals surface area contributed by atoms with Crippen molar-refractivity contribution in [2.75, 3.05) is 20.1 Å². The van der Waals surface area contributed by atoms with Crippen LogP contribution in [0.5, 0.6) is 0 Å². The molecular formula is C12H15NO2. The minimum atomic E-state index is -0.800. The van der Waals surface area contributed by atoms with E-state index in [9.17, 15) is 4.79 Å². The van der Waals surface area contributed by atoms with Gasteiger partial charge in [-0.3, -0.25) is 9.69 Å². The second-order valence-electron chi connectivity index (χ2n) is 3.40. The highest BCUT2D eigenvalue weighted by Crippen LogP contribution is 2.00. The molecule has 0 aliphatic heterocycles. The first kappa shape index (κ1) is 11.5. The zero-order valence-corrected chi connectivity index (χ0v) is 8.76. The summed E-state index contributed by atoms with van der Waals surface area (Å²) in [6.07, 6.45) is 3.94. The molecule has 1 aromatic carbocycles. The molecule has 1 aromatic rings. The third kappa shape index (κ3) is 4.98. The molecule has 0 amide bonds. The number of likely N-dealkylation sites (N-methyl/N-ethyl adjacent to an activating group) is 1. The Balaban J connectivity index is 2.37. The van der Waals surface area contributed by atoms with E-state index in [1.165, 1.54) is 0 Å². The quantitative estimate of drug-likeness (QED) is 0.795. The van der Waals surface area contributed by atoms with Crippen molar-refractivity contribution in [3.05, 3.63) is 42.0 Å². The molecule has 80 valence electrons. The number of nitrogens with zero attached hydrogens (tertiary/aromatic N) is 1. The molecule has 0 bridgehead atoms. The van der Waals surface area contributed by atoms with Gasteiger partial charge in [-0.2, -0.15) is 0 Å². The SMILES string of the molecule is CN(C/C=C/c1ccccc1)CC(=O)O. The lowest BCUT2D eigenvalue weighted by atomic mass is 10.2. The van der Waals surface area contributed by atoms with Gasteiger partial charge in [-0.1, -0.05) is 42.5 Å². The average Bonchev–Trinajstić information content (AvgIpc) is 2.18. The summed E-state index contributed by atoms with van der Waals surface area (Å²) in [6.45, 7) is 0.709. The Kier molecular flexibility index (Phi) is 4.57. The van der Waals surface area contributed by atoms with E-state index in [2.05, 4.69) is 0 Å². The Morgan fingerprint density at radius 2 is 2.07 bits per heavy atom. The predicted octanol–water partition coefficient (Wildman–Crippen LogP) is 1.72. The maximum atomic E-state index is 10.4. The van der Waals surface area contributed by atoms with Gasteiger partial charge in [0.1, 0.15) is 0 Å². The van der Waals surface area contributed by atoms with Crippen LogP contribution in [0, 0.1) is 0 Å². The fourth-order valence-corrected chi connectivity index (χ4v) is 1.23. The van der Waals surface area contributed by atoms with Gasteiger partial charge in [0, 0.05) is 6.54 Å². The maximum Gasteiger partial charge on any atom is 0.317 e. The number of hydrogen-bond acceptors (Lipinski definition) is 2. The Morgan fingerprint density at radius 1 is 1.40 bits per heavy atom. The van der Waals surface area contributed by atoms with Crippen LogP contribution in [0.3, 0.4) is 0 Å². The second kappa shape index (κ2) is 5.98. The summed E-state index contributed by atoms with van der Waals surface area (Å²) >= 11 is 0. The van der Waals surface area contributed by atoms with Crippen molar-refractivity contribution in [1.29, 1.82) is 0 Å². The number of rotatable bonds is 5. The normalized spacial score (nSPS) is 11.1. The van der Waals surface area contributed by atoms with E-state index in [1.807, 2.05) is 42.5 Å². The first-order valence-corrected chi connectivity index (χ1v) is 4.80. The Morgan fingerprint density at radius 3 is 2.67 bits per heavy atom. The molecule has 0 aliphatic carbocycles. The van der Waals surface area contributed by atoms with Gasteiger partial charge < -0.3 is 5.11 Å². The number of carboxylic acids is 1. The smallest absolute Gasteiger partial charge is 0.317 e. The van der Waals surface area contributed by atoms with E-state index in [-0.39, 0.29) is 6.54 Å². The summed E-state index contributed by atoms with van der Waals surface area (Å²) in [6, 6.07) is 9.93. The molecule has 0 spiro atoms. The van der Waals surface area contributed by atoms with Crippen LogP contribution in [0.25, 0.3) is 6.08 Å². The monoisotopic (exact) mass is 205 g/mol. The molecule has 0 heterocycles. The largest absolute Gasteiger partial charge is 0.480 e. The third-order valence-corrected chi connectivity index (χ3v) is 1.93. The summed E-state index contributed by atoms with van der Waals surface area (Å²) in [5, 5.41) is 8.53. The Hall–Kier alpha value is -1.61. The van der Waals surface area contributed by atoms with Crippen LogP contribution in [-0.2, 0) is 4.79 Å². The first-order chi connectivity index (χ1) is 7.18. The third-order valence-electron chi connectivity index (χ3n) is 1.93. The Labute approximate surface area is 89.6 Å². The van der Waals surface area contributed by atoms with Gasteiger partial charge in [0.2, 0.25) is 0 Å². The van der Waals surface area contributed by atoms with Crippen LogP contribution in [0.4, 0.5) is 0 Å². The van der Waals surface area contributed by atoms with Crippen LogP contribution >= 0.6 is 0 Å². The van der Waals surface area contributed by atoms with Gasteiger partial charge in [0.25, 0.3) is 0 Å².